The molecule has 1 aliphatic rings. The molecule has 0 radical (unpaired) electrons. The second-order valence-electron chi connectivity index (χ2n) is 5.42. The summed E-state index contributed by atoms with van der Waals surface area (Å²) in [5, 5.41) is 10.4. The number of anilines is 1. The van der Waals surface area contributed by atoms with Crippen LogP contribution in [-0.4, -0.2) is 23.8 Å². The Hall–Kier alpha value is -1.55. The van der Waals surface area contributed by atoms with Gasteiger partial charge in [-0.2, -0.15) is 0 Å². The van der Waals surface area contributed by atoms with Gasteiger partial charge in [0.1, 0.15) is 0 Å². The zero-order valence-electron chi connectivity index (χ0n) is 11.3. The van der Waals surface area contributed by atoms with Crippen LogP contribution in [0, 0.1) is 0 Å². The van der Waals surface area contributed by atoms with Gasteiger partial charge < -0.3 is 15.6 Å². The van der Waals surface area contributed by atoms with E-state index in [1.165, 1.54) is 12.7 Å². The monoisotopic (exact) mass is 263 g/mol. The molecule has 1 aliphatic carbocycles. The van der Waals surface area contributed by atoms with Crippen molar-refractivity contribution in [1.29, 1.82) is 0 Å². The van der Waals surface area contributed by atoms with E-state index in [9.17, 15) is 9.90 Å². The van der Waals surface area contributed by atoms with Crippen molar-refractivity contribution < 1.29 is 14.6 Å². The van der Waals surface area contributed by atoms with Crippen molar-refractivity contribution in [3.05, 3.63) is 29.8 Å². The van der Waals surface area contributed by atoms with E-state index in [1.807, 2.05) is 24.3 Å². The largest absolute Gasteiger partial charge is 0.469 e. The van der Waals surface area contributed by atoms with Gasteiger partial charge >= 0.3 is 5.97 Å². The van der Waals surface area contributed by atoms with Crippen molar-refractivity contribution in [2.45, 2.75) is 43.6 Å². The molecule has 2 rings (SSSR count). The summed E-state index contributed by atoms with van der Waals surface area (Å²) in [6.07, 6.45) is 3.14. The lowest BCUT2D eigenvalue weighted by Crippen LogP contribution is -2.36. The summed E-state index contributed by atoms with van der Waals surface area (Å²) in [6.45, 7) is 0. The van der Waals surface area contributed by atoms with Gasteiger partial charge in [-0.1, -0.05) is 12.1 Å². The third-order valence-electron chi connectivity index (χ3n) is 4.03. The lowest BCUT2D eigenvalue weighted by molar-refractivity contribution is -0.147. The van der Waals surface area contributed by atoms with Gasteiger partial charge in [-0.05, 0) is 49.3 Å². The highest BCUT2D eigenvalue weighted by Crippen LogP contribution is 2.39. The minimum atomic E-state index is -0.891. The molecule has 0 heterocycles. The maximum Gasteiger partial charge on any atom is 0.308 e. The first-order chi connectivity index (χ1) is 9.02. The third-order valence-corrected chi connectivity index (χ3v) is 4.03. The topological polar surface area (TPSA) is 72.5 Å². The van der Waals surface area contributed by atoms with E-state index in [2.05, 4.69) is 4.74 Å². The molecule has 1 saturated carbocycles. The Bertz CT molecular complexity index is 433. The quantitative estimate of drug-likeness (QED) is 0.648. The molecule has 0 bridgehead atoms. The molecule has 19 heavy (non-hydrogen) atoms. The van der Waals surface area contributed by atoms with Crippen LogP contribution in [0.25, 0.3) is 0 Å². The summed E-state index contributed by atoms with van der Waals surface area (Å²) in [5.41, 5.74) is 6.81. The van der Waals surface area contributed by atoms with Crippen LogP contribution in [0.1, 0.15) is 43.6 Å². The number of aliphatic hydroxyl groups is 1. The Balaban J connectivity index is 1.95. The fourth-order valence-electron chi connectivity index (χ4n) is 2.77. The van der Waals surface area contributed by atoms with Crippen molar-refractivity contribution in [2.75, 3.05) is 12.8 Å². The minimum Gasteiger partial charge on any atom is -0.469 e. The first-order valence-corrected chi connectivity index (χ1v) is 6.67. The SMILES string of the molecule is COC(=O)CC1(O)CCC(c2ccc(N)cc2)CC1. The average molecular weight is 263 g/mol. The van der Waals surface area contributed by atoms with Crippen LogP contribution in [0.3, 0.4) is 0 Å². The molecule has 0 atom stereocenters. The van der Waals surface area contributed by atoms with Crippen LogP contribution in [0.4, 0.5) is 5.69 Å². The zero-order chi connectivity index (χ0) is 13.9. The van der Waals surface area contributed by atoms with E-state index >= 15 is 0 Å². The highest BCUT2D eigenvalue weighted by atomic mass is 16.5. The van der Waals surface area contributed by atoms with E-state index in [-0.39, 0.29) is 12.4 Å². The number of hydrogen-bond acceptors (Lipinski definition) is 4. The maximum absolute atomic E-state index is 11.3. The Morgan fingerprint density at radius 2 is 1.95 bits per heavy atom. The lowest BCUT2D eigenvalue weighted by atomic mass is 9.75. The van der Waals surface area contributed by atoms with Gasteiger partial charge in [0.2, 0.25) is 0 Å². The van der Waals surface area contributed by atoms with Crippen molar-refractivity contribution >= 4 is 11.7 Å². The summed E-state index contributed by atoms with van der Waals surface area (Å²) < 4.78 is 4.63. The molecular weight excluding hydrogens is 242 g/mol. The molecule has 1 fully saturated rings. The second-order valence-corrected chi connectivity index (χ2v) is 5.42. The molecule has 0 saturated heterocycles. The van der Waals surface area contributed by atoms with Crippen LogP contribution in [-0.2, 0) is 9.53 Å². The molecule has 3 N–H and O–H groups in total. The van der Waals surface area contributed by atoms with Gasteiger partial charge in [-0.25, -0.2) is 0 Å². The summed E-state index contributed by atoms with van der Waals surface area (Å²) in [5.74, 6) is 0.104. The fourth-order valence-corrected chi connectivity index (χ4v) is 2.77. The third kappa shape index (κ3) is 3.47. The van der Waals surface area contributed by atoms with Crippen molar-refractivity contribution in [2.24, 2.45) is 0 Å². The molecular formula is C15H21NO3. The number of methoxy groups -OCH3 is 1. The van der Waals surface area contributed by atoms with E-state index in [0.717, 1.165) is 18.5 Å². The molecule has 0 spiro atoms. The molecule has 104 valence electrons. The molecule has 0 amide bonds. The van der Waals surface area contributed by atoms with Crippen LogP contribution >= 0.6 is 0 Å². The van der Waals surface area contributed by atoms with E-state index in [4.69, 9.17) is 5.73 Å². The fraction of sp³-hybridized carbons (Fsp3) is 0.533. The van der Waals surface area contributed by atoms with E-state index in [0.29, 0.717) is 18.8 Å². The standard InChI is InChI=1S/C15H21NO3/c1-19-14(17)10-15(18)8-6-12(7-9-15)11-2-4-13(16)5-3-11/h2-5,12,18H,6-10,16H2,1H3. The molecule has 0 unspecified atom stereocenters. The molecule has 4 heteroatoms. The van der Waals surface area contributed by atoms with Crippen LogP contribution < -0.4 is 5.73 Å². The number of benzene rings is 1. The van der Waals surface area contributed by atoms with Crippen molar-refractivity contribution in [3.63, 3.8) is 0 Å². The molecule has 1 aromatic carbocycles. The first kappa shape index (κ1) is 13.9. The predicted molar refractivity (Wildman–Crippen MR) is 73.6 cm³/mol. The molecule has 0 aliphatic heterocycles. The first-order valence-electron chi connectivity index (χ1n) is 6.67. The van der Waals surface area contributed by atoms with Gasteiger partial charge in [0.05, 0.1) is 19.1 Å². The van der Waals surface area contributed by atoms with Gasteiger partial charge in [0.25, 0.3) is 0 Å². The number of nitrogens with two attached hydrogens (primary N) is 1. The number of nitrogen functional groups attached to an aromatic ring is 1. The number of esters is 1. The summed E-state index contributed by atoms with van der Waals surface area (Å²) in [6, 6.07) is 7.91. The number of rotatable bonds is 3. The molecule has 1 aromatic rings. The average Bonchev–Trinajstić information content (AvgIpc) is 2.40. The highest BCUT2D eigenvalue weighted by Gasteiger charge is 2.35. The summed E-state index contributed by atoms with van der Waals surface area (Å²) in [4.78, 5) is 11.3. The van der Waals surface area contributed by atoms with Crippen LogP contribution in [0.15, 0.2) is 24.3 Å². The Morgan fingerprint density at radius 3 is 2.47 bits per heavy atom. The van der Waals surface area contributed by atoms with Crippen molar-refractivity contribution in [1.82, 2.24) is 0 Å². The van der Waals surface area contributed by atoms with Crippen LogP contribution in [0.2, 0.25) is 0 Å². The molecule has 0 aromatic heterocycles. The number of carbonyl (C=O) groups is 1. The molecule has 4 nitrogen and oxygen atoms in total. The minimum absolute atomic E-state index is 0.0952. The number of carbonyl (C=O) groups excluding carboxylic acids is 1. The summed E-state index contributed by atoms with van der Waals surface area (Å²) >= 11 is 0. The Morgan fingerprint density at radius 1 is 1.37 bits per heavy atom. The highest BCUT2D eigenvalue weighted by molar-refractivity contribution is 5.70. The smallest absolute Gasteiger partial charge is 0.308 e. The van der Waals surface area contributed by atoms with Crippen LogP contribution in [0.5, 0.6) is 0 Å². The maximum atomic E-state index is 11.3. The number of ether oxygens (including phenoxy) is 1. The lowest BCUT2D eigenvalue weighted by Gasteiger charge is -2.35. The second kappa shape index (κ2) is 5.61. The van der Waals surface area contributed by atoms with E-state index < -0.39 is 5.60 Å². The van der Waals surface area contributed by atoms with Gasteiger partial charge in [-0.3, -0.25) is 4.79 Å². The Labute approximate surface area is 113 Å². The van der Waals surface area contributed by atoms with Gasteiger partial charge in [0.15, 0.2) is 0 Å². The van der Waals surface area contributed by atoms with Gasteiger partial charge in [-0.15, -0.1) is 0 Å². The normalized spacial score (nSPS) is 26.9. The predicted octanol–water partition coefficient (Wildman–Crippen LogP) is 2.22. The van der Waals surface area contributed by atoms with Gasteiger partial charge in [0, 0.05) is 5.69 Å². The summed E-state index contributed by atoms with van der Waals surface area (Å²) in [7, 11) is 1.35. The number of hydrogen-bond donors (Lipinski definition) is 2. The van der Waals surface area contributed by atoms with E-state index in [1.54, 1.807) is 0 Å². The van der Waals surface area contributed by atoms with Crippen molar-refractivity contribution in [3.8, 4) is 0 Å². The Kier molecular flexibility index (Phi) is 4.10. The zero-order valence-corrected chi connectivity index (χ0v) is 11.3.